The summed E-state index contributed by atoms with van der Waals surface area (Å²) >= 11 is 0. The summed E-state index contributed by atoms with van der Waals surface area (Å²) in [6, 6.07) is 7.70. The summed E-state index contributed by atoms with van der Waals surface area (Å²) in [5, 5.41) is 10.2. The predicted molar refractivity (Wildman–Crippen MR) is 94.9 cm³/mol. The van der Waals surface area contributed by atoms with Crippen molar-refractivity contribution in [2.75, 3.05) is 45.9 Å². The number of β-amino-alcohol motifs (C(OH)–C–C–N with tert-alkyl or cyclic N) is 1. The third-order valence-corrected chi connectivity index (χ3v) is 4.73. The van der Waals surface area contributed by atoms with Crippen molar-refractivity contribution in [3.8, 4) is 5.75 Å². The van der Waals surface area contributed by atoms with Gasteiger partial charge in [0, 0.05) is 38.8 Å². The lowest BCUT2D eigenvalue weighted by molar-refractivity contribution is 0.0444. The predicted octanol–water partition coefficient (Wildman–Crippen LogP) is 1.38. The Balaban J connectivity index is 1.40. The summed E-state index contributed by atoms with van der Waals surface area (Å²) in [4.78, 5) is 16.6. The molecule has 1 N–H and O–H groups in total. The third-order valence-electron chi connectivity index (χ3n) is 4.73. The van der Waals surface area contributed by atoms with E-state index < -0.39 is 6.10 Å². The highest BCUT2D eigenvalue weighted by molar-refractivity contribution is 5.89. The standard InChI is InChI=1S/C19H28N2O4/c1-2-24-19(23)15-4-3-5-18(12-15)25-14-17(22)13-20-8-10-21(11-9-20)16-6-7-16/h3-5,12,16-17,22H,2,6-11,13-14H2,1H3. The Hall–Kier alpha value is -1.63. The summed E-state index contributed by atoms with van der Waals surface area (Å²) in [6.07, 6.45) is 2.15. The van der Waals surface area contributed by atoms with Crippen LogP contribution in [0, 0.1) is 0 Å². The highest BCUT2D eigenvalue weighted by Gasteiger charge is 2.31. The average Bonchev–Trinajstić information content (AvgIpc) is 3.46. The second-order valence-corrected chi connectivity index (χ2v) is 6.78. The minimum absolute atomic E-state index is 0.217. The maximum atomic E-state index is 11.7. The van der Waals surface area contributed by atoms with Crippen molar-refractivity contribution >= 4 is 5.97 Å². The number of hydrogen-bond donors (Lipinski definition) is 1. The van der Waals surface area contributed by atoms with Gasteiger partial charge >= 0.3 is 5.97 Å². The lowest BCUT2D eigenvalue weighted by Crippen LogP contribution is -2.49. The van der Waals surface area contributed by atoms with Crippen LogP contribution in [0.3, 0.4) is 0 Å². The topological polar surface area (TPSA) is 62.2 Å². The van der Waals surface area contributed by atoms with Gasteiger partial charge in [-0.1, -0.05) is 6.07 Å². The van der Waals surface area contributed by atoms with Crippen molar-refractivity contribution in [2.24, 2.45) is 0 Å². The highest BCUT2D eigenvalue weighted by Crippen LogP contribution is 2.27. The number of carbonyl (C=O) groups is 1. The van der Waals surface area contributed by atoms with E-state index >= 15 is 0 Å². The van der Waals surface area contributed by atoms with E-state index in [4.69, 9.17) is 9.47 Å². The maximum absolute atomic E-state index is 11.7. The zero-order valence-corrected chi connectivity index (χ0v) is 14.9. The first-order valence-corrected chi connectivity index (χ1v) is 9.20. The second kappa shape index (κ2) is 8.65. The number of rotatable bonds is 8. The molecule has 0 aromatic heterocycles. The fraction of sp³-hybridized carbons (Fsp3) is 0.632. The van der Waals surface area contributed by atoms with Crippen LogP contribution in [0.2, 0.25) is 0 Å². The zero-order chi connectivity index (χ0) is 17.6. The lowest BCUT2D eigenvalue weighted by Gasteiger charge is -2.35. The molecule has 1 atom stereocenters. The molecule has 6 nitrogen and oxygen atoms in total. The average molecular weight is 348 g/mol. The largest absolute Gasteiger partial charge is 0.491 e. The number of carbonyl (C=O) groups excluding carboxylic acids is 1. The number of hydrogen-bond acceptors (Lipinski definition) is 6. The molecule has 0 spiro atoms. The molecule has 1 heterocycles. The molecule has 138 valence electrons. The van der Waals surface area contributed by atoms with E-state index in [1.807, 2.05) is 0 Å². The summed E-state index contributed by atoms with van der Waals surface area (Å²) in [5.74, 6) is 0.213. The van der Waals surface area contributed by atoms with Crippen LogP contribution >= 0.6 is 0 Å². The third kappa shape index (κ3) is 5.42. The Kier molecular flexibility index (Phi) is 6.29. The Morgan fingerprint density at radius 1 is 1.28 bits per heavy atom. The number of esters is 1. The SMILES string of the molecule is CCOC(=O)c1cccc(OCC(O)CN2CCN(C3CC3)CC2)c1. The molecular weight excluding hydrogens is 320 g/mol. The molecule has 1 aromatic rings. The van der Waals surface area contributed by atoms with E-state index in [1.54, 1.807) is 31.2 Å². The fourth-order valence-corrected chi connectivity index (χ4v) is 3.22. The smallest absolute Gasteiger partial charge is 0.338 e. The second-order valence-electron chi connectivity index (χ2n) is 6.78. The molecule has 1 aliphatic carbocycles. The van der Waals surface area contributed by atoms with E-state index in [1.165, 1.54) is 12.8 Å². The van der Waals surface area contributed by atoms with Gasteiger partial charge < -0.3 is 14.6 Å². The van der Waals surface area contributed by atoms with Gasteiger partial charge in [0.05, 0.1) is 12.2 Å². The fourth-order valence-electron chi connectivity index (χ4n) is 3.22. The molecule has 0 radical (unpaired) electrons. The Labute approximate surface area is 149 Å². The summed E-state index contributed by atoms with van der Waals surface area (Å²) in [7, 11) is 0. The molecule has 1 aromatic carbocycles. The minimum atomic E-state index is -0.543. The van der Waals surface area contributed by atoms with Crippen LogP contribution in [-0.4, -0.2) is 79.0 Å². The van der Waals surface area contributed by atoms with Crippen LogP contribution < -0.4 is 4.74 Å². The van der Waals surface area contributed by atoms with E-state index in [-0.39, 0.29) is 12.6 Å². The van der Waals surface area contributed by atoms with Gasteiger partial charge in [-0.2, -0.15) is 0 Å². The van der Waals surface area contributed by atoms with Crippen LogP contribution in [0.15, 0.2) is 24.3 Å². The van der Waals surface area contributed by atoms with Crippen LogP contribution in [0.4, 0.5) is 0 Å². The number of piperazine rings is 1. The number of ether oxygens (including phenoxy) is 2. The molecule has 1 unspecified atom stereocenters. The van der Waals surface area contributed by atoms with E-state index in [0.29, 0.717) is 24.5 Å². The van der Waals surface area contributed by atoms with Gasteiger partial charge in [-0.05, 0) is 38.0 Å². The molecule has 2 fully saturated rings. The molecular formula is C19H28N2O4. The van der Waals surface area contributed by atoms with Crippen LogP contribution in [0.5, 0.6) is 5.75 Å². The van der Waals surface area contributed by atoms with Crippen LogP contribution in [0.1, 0.15) is 30.1 Å². The van der Waals surface area contributed by atoms with Gasteiger partial charge in [-0.15, -0.1) is 0 Å². The Morgan fingerprint density at radius 2 is 2.04 bits per heavy atom. The highest BCUT2D eigenvalue weighted by atomic mass is 16.5. The van der Waals surface area contributed by atoms with Gasteiger partial charge in [0.15, 0.2) is 0 Å². The van der Waals surface area contributed by atoms with E-state index in [0.717, 1.165) is 32.2 Å². The zero-order valence-electron chi connectivity index (χ0n) is 14.9. The van der Waals surface area contributed by atoms with Crippen molar-refractivity contribution in [3.63, 3.8) is 0 Å². The van der Waals surface area contributed by atoms with E-state index in [2.05, 4.69) is 9.80 Å². The van der Waals surface area contributed by atoms with Gasteiger partial charge in [-0.3, -0.25) is 9.80 Å². The van der Waals surface area contributed by atoms with Crippen molar-refractivity contribution in [1.82, 2.24) is 9.80 Å². The van der Waals surface area contributed by atoms with Crippen molar-refractivity contribution < 1.29 is 19.4 Å². The summed E-state index contributed by atoms with van der Waals surface area (Å²) in [5.41, 5.74) is 0.463. The molecule has 6 heteroatoms. The molecule has 25 heavy (non-hydrogen) atoms. The summed E-state index contributed by atoms with van der Waals surface area (Å²) < 4.78 is 10.6. The maximum Gasteiger partial charge on any atom is 0.338 e. The Morgan fingerprint density at radius 3 is 2.72 bits per heavy atom. The van der Waals surface area contributed by atoms with Crippen molar-refractivity contribution in [3.05, 3.63) is 29.8 Å². The van der Waals surface area contributed by atoms with Gasteiger partial charge in [0.2, 0.25) is 0 Å². The molecule has 1 aliphatic heterocycles. The molecule has 1 saturated carbocycles. The first-order valence-electron chi connectivity index (χ1n) is 9.20. The number of benzene rings is 1. The lowest BCUT2D eigenvalue weighted by atomic mass is 10.2. The number of aliphatic hydroxyl groups excluding tert-OH is 1. The molecule has 3 rings (SSSR count). The van der Waals surface area contributed by atoms with Gasteiger partial charge in [0.25, 0.3) is 0 Å². The monoisotopic (exact) mass is 348 g/mol. The first kappa shape index (κ1) is 18.2. The summed E-state index contributed by atoms with van der Waals surface area (Å²) in [6.45, 7) is 7.17. The molecule has 0 bridgehead atoms. The molecule has 1 saturated heterocycles. The van der Waals surface area contributed by atoms with Gasteiger partial charge in [0.1, 0.15) is 18.5 Å². The van der Waals surface area contributed by atoms with Crippen molar-refractivity contribution in [2.45, 2.75) is 31.9 Å². The number of aliphatic hydroxyl groups is 1. The van der Waals surface area contributed by atoms with Crippen LogP contribution in [-0.2, 0) is 4.74 Å². The van der Waals surface area contributed by atoms with Gasteiger partial charge in [-0.25, -0.2) is 4.79 Å². The Bertz CT molecular complexity index is 568. The van der Waals surface area contributed by atoms with Crippen molar-refractivity contribution in [1.29, 1.82) is 0 Å². The van der Waals surface area contributed by atoms with E-state index in [9.17, 15) is 9.90 Å². The minimum Gasteiger partial charge on any atom is -0.491 e. The molecule has 0 amide bonds. The van der Waals surface area contributed by atoms with Crippen LogP contribution in [0.25, 0.3) is 0 Å². The normalized spacial score (nSPS) is 20.2. The first-order chi connectivity index (χ1) is 12.2. The number of nitrogens with zero attached hydrogens (tertiary/aromatic N) is 2. The quantitative estimate of drug-likeness (QED) is 0.716. The molecule has 2 aliphatic rings.